The minimum Gasteiger partial charge on any atom is -0.356 e. The van der Waals surface area contributed by atoms with Gasteiger partial charge in [0, 0.05) is 43.0 Å². The summed E-state index contributed by atoms with van der Waals surface area (Å²) in [4.78, 5) is 15.7. The van der Waals surface area contributed by atoms with E-state index in [1.54, 1.807) is 11.3 Å². The van der Waals surface area contributed by atoms with Crippen LogP contribution in [0.5, 0.6) is 0 Å². The monoisotopic (exact) mass is 253 g/mol. The largest absolute Gasteiger partial charge is 0.356 e. The zero-order valence-corrected chi connectivity index (χ0v) is 10.9. The molecule has 1 aliphatic heterocycles. The second-order valence-electron chi connectivity index (χ2n) is 4.57. The van der Waals surface area contributed by atoms with Gasteiger partial charge < -0.3 is 10.6 Å². The van der Waals surface area contributed by atoms with Crippen molar-refractivity contribution in [3.05, 3.63) is 16.6 Å². The predicted molar refractivity (Wildman–Crippen MR) is 69.2 cm³/mol. The molecule has 2 atom stereocenters. The van der Waals surface area contributed by atoms with Gasteiger partial charge in [-0.2, -0.15) is 0 Å². The summed E-state index contributed by atoms with van der Waals surface area (Å²) in [5.74, 6) is 0.586. The van der Waals surface area contributed by atoms with E-state index in [4.69, 9.17) is 0 Å². The average molecular weight is 253 g/mol. The Morgan fingerprint density at radius 2 is 2.59 bits per heavy atom. The van der Waals surface area contributed by atoms with Gasteiger partial charge in [-0.3, -0.25) is 4.79 Å². The van der Waals surface area contributed by atoms with Crippen molar-refractivity contribution < 1.29 is 4.79 Å². The molecule has 5 heteroatoms. The molecule has 0 aliphatic carbocycles. The Labute approximate surface area is 106 Å². The quantitative estimate of drug-likeness (QED) is 0.855. The first-order chi connectivity index (χ1) is 8.25. The normalized spacial score (nSPS) is 22.9. The number of hydrogen-bond donors (Lipinski definition) is 2. The summed E-state index contributed by atoms with van der Waals surface area (Å²) in [6.45, 7) is 3.88. The lowest BCUT2D eigenvalue weighted by molar-refractivity contribution is -0.121. The van der Waals surface area contributed by atoms with Crippen LogP contribution < -0.4 is 10.6 Å². The summed E-state index contributed by atoms with van der Waals surface area (Å²) < 4.78 is 0. The van der Waals surface area contributed by atoms with E-state index in [1.165, 1.54) is 0 Å². The molecule has 0 radical (unpaired) electrons. The number of rotatable bonds is 4. The molecule has 2 N–H and O–H groups in total. The third-order valence-corrected chi connectivity index (χ3v) is 4.08. The van der Waals surface area contributed by atoms with Crippen molar-refractivity contribution in [2.45, 2.75) is 38.1 Å². The van der Waals surface area contributed by atoms with Crippen LogP contribution in [-0.2, 0) is 4.79 Å². The third kappa shape index (κ3) is 3.78. The predicted octanol–water partition coefficient (Wildman–Crippen LogP) is 1.50. The van der Waals surface area contributed by atoms with Gasteiger partial charge in [0.25, 0.3) is 0 Å². The second kappa shape index (κ2) is 6.12. The minimum atomic E-state index is 0.168. The SMILES string of the molecule is CC(CNC1CCCNC(=O)C1)c1nccs1. The van der Waals surface area contributed by atoms with Crippen molar-refractivity contribution in [2.75, 3.05) is 13.1 Å². The molecule has 0 aromatic carbocycles. The minimum absolute atomic E-state index is 0.168. The Morgan fingerprint density at radius 1 is 1.71 bits per heavy atom. The lowest BCUT2D eigenvalue weighted by Gasteiger charge is -2.17. The molecular formula is C12H19N3OS. The maximum Gasteiger partial charge on any atom is 0.221 e. The van der Waals surface area contributed by atoms with Gasteiger partial charge in [0.1, 0.15) is 0 Å². The van der Waals surface area contributed by atoms with E-state index in [9.17, 15) is 4.79 Å². The zero-order valence-electron chi connectivity index (χ0n) is 10.1. The molecule has 0 saturated carbocycles. The second-order valence-corrected chi connectivity index (χ2v) is 5.50. The van der Waals surface area contributed by atoms with Crippen LogP contribution >= 0.6 is 11.3 Å². The van der Waals surface area contributed by atoms with Crippen LogP contribution in [0.4, 0.5) is 0 Å². The number of nitrogens with one attached hydrogen (secondary N) is 2. The van der Waals surface area contributed by atoms with E-state index in [0.29, 0.717) is 18.4 Å². The number of hydrogen-bond acceptors (Lipinski definition) is 4. The van der Waals surface area contributed by atoms with Gasteiger partial charge in [0.15, 0.2) is 0 Å². The summed E-state index contributed by atoms with van der Waals surface area (Å²) in [5.41, 5.74) is 0. The number of aromatic nitrogens is 1. The topological polar surface area (TPSA) is 54.0 Å². The van der Waals surface area contributed by atoms with Crippen LogP contribution in [0.15, 0.2) is 11.6 Å². The van der Waals surface area contributed by atoms with E-state index < -0.39 is 0 Å². The molecule has 4 nitrogen and oxygen atoms in total. The molecule has 1 aromatic heterocycles. The van der Waals surface area contributed by atoms with Crippen LogP contribution in [0.1, 0.15) is 37.1 Å². The first-order valence-corrected chi connectivity index (χ1v) is 7.03. The maximum absolute atomic E-state index is 11.4. The highest BCUT2D eigenvalue weighted by molar-refractivity contribution is 7.09. The number of nitrogens with zero attached hydrogens (tertiary/aromatic N) is 1. The highest BCUT2D eigenvalue weighted by Gasteiger charge is 2.18. The third-order valence-electron chi connectivity index (χ3n) is 3.07. The fourth-order valence-electron chi connectivity index (χ4n) is 2.06. The molecule has 2 unspecified atom stereocenters. The summed E-state index contributed by atoms with van der Waals surface area (Å²) in [7, 11) is 0. The van der Waals surface area contributed by atoms with Gasteiger partial charge >= 0.3 is 0 Å². The molecule has 2 rings (SSSR count). The van der Waals surface area contributed by atoms with Crippen LogP contribution in [0.3, 0.4) is 0 Å². The first kappa shape index (κ1) is 12.5. The van der Waals surface area contributed by atoms with E-state index >= 15 is 0 Å². The zero-order chi connectivity index (χ0) is 12.1. The van der Waals surface area contributed by atoms with Gasteiger partial charge in [-0.15, -0.1) is 11.3 Å². The smallest absolute Gasteiger partial charge is 0.221 e. The maximum atomic E-state index is 11.4. The lowest BCUT2D eigenvalue weighted by atomic mass is 10.1. The molecular weight excluding hydrogens is 234 g/mol. The molecule has 0 spiro atoms. The summed E-state index contributed by atoms with van der Waals surface area (Å²) in [5, 5.41) is 9.55. The van der Waals surface area contributed by atoms with Gasteiger partial charge in [0.05, 0.1) is 5.01 Å². The number of amides is 1. The van der Waals surface area contributed by atoms with Crippen LogP contribution in [0.25, 0.3) is 0 Å². The van der Waals surface area contributed by atoms with Crippen LogP contribution in [-0.4, -0.2) is 30.0 Å². The van der Waals surface area contributed by atoms with Crippen molar-refractivity contribution in [3.63, 3.8) is 0 Å². The highest BCUT2D eigenvalue weighted by Crippen LogP contribution is 2.17. The Hall–Kier alpha value is -0.940. The number of carbonyl (C=O) groups is 1. The Kier molecular flexibility index (Phi) is 4.50. The molecule has 94 valence electrons. The van der Waals surface area contributed by atoms with Gasteiger partial charge in [0.2, 0.25) is 5.91 Å². The molecule has 1 aliphatic rings. The molecule has 1 amide bonds. The fourth-order valence-corrected chi connectivity index (χ4v) is 2.76. The molecule has 1 saturated heterocycles. The lowest BCUT2D eigenvalue weighted by Crippen LogP contribution is -2.34. The Bertz CT molecular complexity index is 353. The van der Waals surface area contributed by atoms with Crippen LogP contribution in [0.2, 0.25) is 0 Å². The van der Waals surface area contributed by atoms with Crippen molar-refractivity contribution in [2.24, 2.45) is 0 Å². The molecule has 1 aromatic rings. The Morgan fingerprint density at radius 3 is 3.35 bits per heavy atom. The summed E-state index contributed by atoms with van der Waals surface area (Å²) in [6, 6.07) is 0.319. The summed E-state index contributed by atoms with van der Waals surface area (Å²) >= 11 is 1.69. The number of carbonyl (C=O) groups excluding carboxylic acids is 1. The van der Waals surface area contributed by atoms with E-state index in [0.717, 1.165) is 30.9 Å². The van der Waals surface area contributed by atoms with Crippen molar-refractivity contribution in [3.8, 4) is 0 Å². The summed E-state index contributed by atoms with van der Waals surface area (Å²) in [6.07, 6.45) is 4.58. The highest BCUT2D eigenvalue weighted by atomic mass is 32.1. The van der Waals surface area contributed by atoms with Crippen molar-refractivity contribution in [1.29, 1.82) is 0 Å². The number of thiazole rings is 1. The van der Waals surface area contributed by atoms with Crippen molar-refractivity contribution >= 4 is 17.2 Å². The molecule has 2 heterocycles. The van der Waals surface area contributed by atoms with Gasteiger partial charge in [-0.05, 0) is 12.8 Å². The van der Waals surface area contributed by atoms with Gasteiger partial charge in [-0.1, -0.05) is 6.92 Å². The first-order valence-electron chi connectivity index (χ1n) is 6.15. The van der Waals surface area contributed by atoms with Crippen molar-refractivity contribution in [1.82, 2.24) is 15.6 Å². The van der Waals surface area contributed by atoms with Crippen LogP contribution in [0, 0.1) is 0 Å². The molecule has 0 bridgehead atoms. The standard InChI is InChI=1S/C12H19N3OS/c1-9(12-14-5-6-17-12)8-15-10-3-2-4-13-11(16)7-10/h5-6,9-10,15H,2-4,7-8H2,1H3,(H,13,16). The Balaban J connectivity index is 1.79. The van der Waals surface area contributed by atoms with E-state index in [-0.39, 0.29) is 5.91 Å². The average Bonchev–Trinajstić information content (AvgIpc) is 2.77. The van der Waals surface area contributed by atoms with E-state index in [1.807, 2.05) is 11.6 Å². The molecule has 17 heavy (non-hydrogen) atoms. The van der Waals surface area contributed by atoms with Gasteiger partial charge in [-0.25, -0.2) is 4.98 Å². The fraction of sp³-hybridized carbons (Fsp3) is 0.667. The van der Waals surface area contributed by atoms with E-state index in [2.05, 4.69) is 22.5 Å². The molecule has 1 fully saturated rings.